The van der Waals surface area contributed by atoms with Crippen molar-refractivity contribution in [3.8, 4) is 5.75 Å². The summed E-state index contributed by atoms with van der Waals surface area (Å²) >= 11 is 5.24. The van der Waals surface area contributed by atoms with Gasteiger partial charge in [-0.25, -0.2) is 0 Å². The minimum Gasteiger partial charge on any atom is -0.497 e. The second-order valence-corrected chi connectivity index (χ2v) is 4.33. The lowest BCUT2D eigenvalue weighted by Crippen LogP contribution is -2.25. The highest BCUT2D eigenvalue weighted by Crippen LogP contribution is 2.17. The van der Waals surface area contributed by atoms with Crippen LogP contribution in [0.25, 0.3) is 23.6 Å². The van der Waals surface area contributed by atoms with Gasteiger partial charge in [0.05, 0.1) is 14.2 Å². The standard InChI is InChI=1S/C15H14O3S/c1-9(16-3)7-13-10(2)12-6-5-11(17-4)8-14(12)18-15(13)19/h5-8H,1-2H2,3-4H3/b13-7+. The molecular weight excluding hydrogens is 260 g/mol. The summed E-state index contributed by atoms with van der Waals surface area (Å²) in [6.07, 6.45) is 1.72. The molecule has 0 saturated heterocycles. The molecule has 0 unspecified atom stereocenters. The van der Waals surface area contributed by atoms with Crippen LogP contribution < -0.4 is 15.2 Å². The topological polar surface area (TPSA) is 31.6 Å². The summed E-state index contributed by atoms with van der Waals surface area (Å²) in [7, 11) is 3.15. The van der Waals surface area contributed by atoms with Gasteiger partial charge in [-0.15, -0.1) is 0 Å². The molecule has 1 aromatic carbocycles. The molecule has 2 aromatic rings. The van der Waals surface area contributed by atoms with Crippen molar-refractivity contribution in [3.05, 3.63) is 45.7 Å². The van der Waals surface area contributed by atoms with Crippen molar-refractivity contribution in [2.45, 2.75) is 0 Å². The van der Waals surface area contributed by atoms with E-state index in [1.807, 2.05) is 12.1 Å². The first-order valence-electron chi connectivity index (χ1n) is 5.61. The summed E-state index contributed by atoms with van der Waals surface area (Å²) in [6.45, 7) is 7.80. The Kier molecular flexibility index (Phi) is 3.71. The number of rotatable bonds is 3. The molecule has 2 rings (SSSR count). The third kappa shape index (κ3) is 2.53. The minimum absolute atomic E-state index is 0.351. The number of fused-ring (bicyclic) bond motifs is 1. The normalized spacial score (nSPS) is 11.6. The molecule has 1 heterocycles. The Hall–Kier alpha value is -2.07. The first kappa shape index (κ1) is 13.4. The van der Waals surface area contributed by atoms with Gasteiger partial charge < -0.3 is 13.9 Å². The number of methoxy groups -OCH3 is 2. The second-order valence-electron chi connectivity index (χ2n) is 3.96. The molecule has 1 aromatic heterocycles. The molecule has 98 valence electrons. The molecule has 0 bridgehead atoms. The van der Waals surface area contributed by atoms with Crippen LogP contribution in [0.5, 0.6) is 5.75 Å². The third-order valence-corrected chi connectivity index (χ3v) is 3.13. The predicted molar refractivity (Wildman–Crippen MR) is 79.0 cm³/mol. The summed E-state index contributed by atoms with van der Waals surface area (Å²) in [6, 6.07) is 5.53. The zero-order chi connectivity index (χ0) is 14.0. The van der Waals surface area contributed by atoms with Crippen molar-refractivity contribution in [1.82, 2.24) is 0 Å². The van der Waals surface area contributed by atoms with E-state index in [0.29, 0.717) is 27.0 Å². The van der Waals surface area contributed by atoms with Gasteiger partial charge in [0.2, 0.25) is 0 Å². The largest absolute Gasteiger partial charge is 0.497 e. The average Bonchev–Trinajstić information content (AvgIpc) is 2.42. The smallest absolute Gasteiger partial charge is 0.198 e. The van der Waals surface area contributed by atoms with E-state index < -0.39 is 0 Å². The van der Waals surface area contributed by atoms with E-state index in [9.17, 15) is 0 Å². The first-order valence-corrected chi connectivity index (χ1v) is 6.02. The molecule has 19 heavy (non-hydrogen) atoms. The molecule has 4 heteroatoms. The van der Waals surface area contributed by atoms with Crippen LogP contribution in [0.2, 0.25) is 0 Å². The van der Waals surface area contributed by atoms with Gasteiger partial charge >= 0.3 is 0 Å². The summed E-state index contributed by atoms with van der Waals surface area (Å²) in [5.74, 6) is 1.21. The Morgan fingerprint density at radius 1 is 1.37 bits per heavy atom. The van der Waals surface area contributed by atoms with Crippen molar-refractivity contribution in [3.63, 3.8) is 0 Å². The van der Waals surface area contributed by atoms with E-state index in [-0.39, 0.29) is 0 Å². The molecule has 0 N–H and O–H groups in total. The molecule has 0 radical (unpaired) electrons. The zero-order valence-electron chi connectivity index (χ0n) is 10.9. The molecule has 0 atom stereocenters. The Bertz CT molecular complexity index is 802. The van der Waals surface area contributed by atoms with Crippen LogP contribution in [0.3, 0.4) is 0 Å². The fourth-order valence-electron chi connectivity index (χ4n) is 1.75. The molecule has 0 aliphatic rings. The highest BCUT2D eigenvalue weighted by molar-refractivity contribution is 7.71. The van der Waals surface area contributed by atoms with Crippen LogP contribution in [-0.2, 0) is 4.74 Å². The molecule has 0 fully saturated rings. The Balaban J connectivity index is 2.84. The third-order valence-electron chi connectivity index (χ3n) is 2.83. The summed E-state index contributed by atoms with van der Waals surface area (Å²) < 4.78 is 16.2. The number of hydrogen-bond acceptors (Lipinski definition) is 4. The van der Waals surface area contributed by atoms with Gasteiger partial charge in [-0.2, -0.15) is 0 Å². The number of allylic oxidation sites excluding steroid dienone is 1. The molecule has 0 aliphatic carbocycles. The van der Waals surface area contributed by atoms with Gasteiger partial charge in [-0.3, -0.25) is 0 Å². The Morgan fingerprint density at radius 3 is 2.74 bits per heavy atom. The lowest BCUT2D eigenvalue weighted by Gasteiger charge is -2.03. The van der Waals surface area contributed by atoms with Crippen molar-refractivity contribution >= 4 is 35.8 Å². The molecule has 0 saturated carbocycles. The van der Waals surface area contributed by atoms with Crippen LogP contribution in [0.1, 0.15) is 0 Å². The monoisotopic (exact) mass is 274 g/mol. The van der Waals surface area contributed by atoms with Crippen LogP contribution in [0, 0.1) is 4.71 Å². The van der Waals surface area contributed by atoms with Gasteiger partial charge in [0.15, 0.2) is 4.71 Å². The maximum atomic E-state index is 5.63. The number of benzene rings is 1. The summed E-state index contributed by atoms with van der Waals surface area (Å²) in [5, 5.41) is 2.37. The SMILES string of the molecule is C=C(/C=c1/c(=S)oc2cc(OC)ccc2c1=C)OC. The van der Waals surface area contributed by atoms with Gasteiger partial charge in [-0.1, -0.05) is 13.2 Å². The molecule has 3 nitrogen and oxygen atoms in total. The van der Waals surface area contributed by atoms with Gasteiger partial charge in [0.1, 0.15) is 17.1 Å². The maximum absolute atomic E-state index is 5.63. The lowest BCUT2D eigenvalue weighted by molar-refractivity contribution is 0.315. The number of ether oxygens (including phenoxy) is 2. The van der Waals surface area contributed by atoms with Gasteiger partial charge in [-0.05, 0) is 35.6 Å². The van der Waals surface area contributed by atoms with E-state index >= 15 is 0 Å². The quantitative estimate of drug-likeness (QED) is 0.636. The first-order chi connectivity index (χ1) is 9.06. The predicted octanol–water partition coefficient (Wildman–Crippen LogP) is 2.52. The van der Waals surface area contributed by atoms with E-state index in [0.717, 1.165) is 10.6 Å². The van der Waals surface area contributed by atoms with E-state index in [1.54, 1.807) is 26.4 Å². The molecule has 0 aliphatic heterocycles. The van der Waals surface area contributed by atoms with Gasteiger partial charge in [0.25, 0.3) is 0 Å². The van der Waals surface area contributed by atoms with Crippen LogP contribution >= 0.6 is 12.2 Å². The number of hydrogen-bond donors (Lipinski definition) is 0. The second kappa shape index (κ2) is 5.28. The van der Waals surface area contributed by atoms with Crippen molar-refractivity contribution in [2.24, 2.45) is 0 Å². The van der Waals surface area contributed by atoms with Crippen molar-refractivity contribution in [1.29, 1.82) is 0 Å². The van der Waals surface area contributed by atoms with Crippen molar-refractivity contribution < 1.29 is 13.9 Å². The van der Waals surface area contributed by atoms with Crippen LogP contribution in [0.15, 0.2) is 35.0 Å². The van der Waals surface area contributed by atoms with Crippen LogP contribution in [0.4, 0.5) is 0 Å². The minimum atomic E-state index is 0.351. The fourth-order valence-corrected chi connectivity index (χ4v) is 2.02. The lowest BCUT2D eigenvalue weighted by atomic mass is 10.1. The summed E-state index contributed by atoms with van der Waals surface area (Å²) in [5.41, 5.74) is 0.648. The molecule has 0 spiro atoms. The molecular formula is C15H14O3S. The zero-order valence-corrected chi connectivity index (χ0v) is 11.7. The average molecular weight is 274 g/mol. The van der Waals surface area contributed by atoms with Crippen molar-refractivity contribution in [2.75, 3.05) is 14.2 Å². The fraction of sp³-hybridized carbons (Fsp3) is 0.133. The van der Waals surface area contributed by atoms with E-state index in [4.69, 9.17) is 26.1 Å². The molecule has 0 amide bonds. The Morgan fingerprint density at radius 2 is 2.11 bits per heavy atom. The van der Waals surface area contributed by atoms with Crippen LogP contribution in [-0.4, -0.2) is 14.2 Å². The van der Waals surface area contributed by atoms with E-state index in [1.165, 1.54) is 0 Å². The summed E-state index contributed by atoms with van der Waals surface area (Å²) in [4.78, 5) is 0. The highest BCUT2D eigenvalue weighted by Gasteiger charge is 2.03. The Labute approximate surface area is 116 Å². The maximum Gasteiger partial charge on any atom is 0.198 e. The van der Waals surface area contributed by atoms with Gasteiger partial charge in [0, 0.05) is 16.7 Å². The van der Waals surface area contributed by atoms with E-state index in [2.05, 4.69) is 13.2 Å². The highest BCUT2D eigenvalue weighted by atomic mass is 32.1.